The minimum absolute atomic E-state index is 0.195. The fraction of sp³-hybridized carbons (Fsp3) is 0.174. The third-order valence-corrected chi connectivity index (χ3v) is 5.57. The summed E-state index contributed by atoms with van der Waals surface area (Å²) in [4.78, 5) is 17.7. The number of nitrogens with zero attached hydrogens (tertiary/aromatic N) is 2. The van der Waals surface area contributed by atoms with Gasteiger partial charge in [-0.15, -0.1) is 0 Å². The molecule has 1 heterocycles. The van der Waals surface area contributed by atoms with Gasteiger partial charge in [-0.25, -0.2) is 4.98 Å². The highest BCUT2D eigenvalue weighted by Crippen LogP contribution is 2.38. The number of aromatic nitrogens is 1. The molecule has 1 N–H and O–H groups in total. The Morgan fingerprint density at radius 1 is 1.14 bits per heavy atom. The molecule has 1 unspecified atom stereocenters. The highest BCUT2D eigenvalue weighted by atomic mass is 32.2. The standard InChI is InChI=1S/C23H21N3O2S/c1-15-12-16(2)25-23(20(15)14-24)29-21(17-8-5-4-6-9-17)22(27)26-18-10-7-11-19(13-18)28-3/h4-13,21H,1-3H3,(H,26,27). The molecule has 3 rings (SSSR count). The monoisotopic (exact) mass is 403 g/mol. The van der Waals surface area contributed by atoms with Gasteiger partial charge in [0.05, 0.1) is 12.7 Å². The summed E-state index contributed by atoms with van der Waals surface area (Å²) in [5.74, 6) is 0.466. The number of thioether (sulfide) groups is 1. The zero-order chi connectivity index (χ0) is 20.8. The van der Waals surface area contributed by atoms with Crippen LogP contribution in [0.5, 0.6) is 5.75 Å². The van der Waals surface area contributed by atoms with E-state index in [1.807, 2.05) is 68.4 Å². The molecule has 6 heteroatoms. The second-order valence-corrected chi connectivity index (χ2v) is 7.60. The van der Waals surface area contributed by atoms with Crippen molar-refractivity contribution in [3.05, 3.63) is 83.0 Å². The van der Waals surface area contributed by atoms with Crippen LogP contribution < -0.4 is 10.1 Å². The first-order valence-corrected chi connectivity index (χ1v) is 9.94. The second-order valence-electron chi connectivity index (χ2n) is 6.50. The molecule has 0 saturated heterocycles. The number of carbonyl (C=O) groups is 1. The number of amides is 1. The minimum atomic E-state index is -0.566. The average Bonchev–Trinajstić information content (AvgIpc) is 2.72. The van der Waals surface area contributed by atoms with E-state index in [1.54, 1.807) is 13.2 Å². The molecule has 0 saturated carbocycles. The average molecular weight is 404 g/mol. The maximum Gasteiger partial charge on any atom is 0.242 e. The van der Waals surface area contributed by atoms with Crippen LogP contribution in [0.4, 0.5) is 5.69 Å². The Kier molecular flexibility index (Phi) is 6.53. The van der Waals surface area contributed by atoms with E-state index in [0.29, 0.717) is 22.0 Å². The molecule has 3 aromatic rings. The Balaban J connectivity index is 1.96. The number of aryl methyl sites for hydroxylation is 2. The van der Waals surface area contributed by atoms with Gasteiger partial charge in [0.25, 0.3) is 0 Å². The third kappa shape index (κ3) is 4.95. The van der Waals surface area contributed by atoms with Crippen molar-refractivity contribution in [2.75, 3.05) is 12.4 Å². The highest BCUT2D eigenvalue weighted by Gasteiger charge is 2.25. The fourth-order valence-electron chi connectivity index (χ4n) is 2.94. The van der Waals surface area contributed by atoms with E-state index in [9.17, 15) is 10.1 Å². The first kappa shape index (κ1) is 20.4. The number of pyridine rings is 1. The van der Waals surface area contributed by atoms with Crippen molar-refractivity contribution in [1.29, 1.82) is 5.26 Å². The molecule has 0 aliphatic rings. The largest absolute Gasteiger partial charge is 0.497 e. The van der Waals surface area contributed by atoms with Crippen LogP contribution in [0.15, 0.2) is 65.7 Å². The van der Waals surface area contributed by atoms with E-state index < -0.39 is 5.25 Å². The van der Waals surface area contributed by atoms with E-state index >= 15 is 0 Å². The number of rotatable bonds is 6. The number of nitrogens with one attached hydrogen (secondary N) is 1. The van der Waals surface area contributed by atoms with E-state index in [-0.39, 0.29) is 5.91 Å². The van der Waals surface area contributed by atoms with Crippen molar-refractivity contribution in [2.24, 2.45) is 0 Å². The van der Waals surface area contributed by atoms with Gasteiger partial charge in [-0.05, 0) is 43.2 Å². The molecule has 0 radical (unpaired) electrons. The topological polar surface area (TPSA) is 75.0 Å². The van der Waals surface area contributed by atoms with Gasteiger partial charge < -0.3 is 10.1 Å². The van der Waals surface area contributed by atoms with Crippen LogP contribution in [0, 0.1) is 25.2 Å². The first-order chi connectivity index (χ1) is 14.0. The summed E-state index contributed by atoms with van der Waals surface area (Å²) in [7, 11) is 1.58. The number of benzene rings is 2. The molecule has 5 nitrogen and oxygen atoms in total. The number of anilines is 1. The van der Waals surface area contributed by atoms with Crippen molar-refractivity contribution < 1.29 is 9.53 Å². The van der Waals surface area contributed by atoms with Crippen molar-refractivity contribution in [1.82, 2.24) is 4.98 Å². The molecule has 0 aliphatic carbocycles. The molecular weight excluding hydrogens is 382 g/mol. The lowest BCUT2D eigenvalue weighted by atomic mass is 10.1. The molecule has 29 heavy (non-hydrogen) atoms. The Labute approximate surface area is 174 Å². The molecule has 1 amide bonds. The lowest BCUT2D eigenvalue weighted by molar-refractivity contribution is -0.115. The SMILES string of the molecule is COc1cccc(NC(=O)C(Sc2nc(C)cc(C)c2C#N)c2ccccc2)c1. The number of carbonyl (C=O) groups excluding carboxylic acids is 1. The Morgan fingerprint density at radius 2 is 1.90 bits per heavy atom. The summed E-state index contributed by atoms with van der Waals surface area (Å²) in [6.45, 7) is 3.76. The predicted molar refractivity (Wildman–Crippen MR) is 115 cm³/mol. The normalized spacial score (nSPS) is 11.4. The zero-order valence-corrected chi connectivity index (χ0v) is 17.3. The Morgan fingerprint density at radius 3 is 2.59 bits per heavy atom. The van der Waals surface area contributed by atoms with E-state index in [0.717, 1.165) is 16.8 Å². The zero-order valence-electron chi connectivity index (χ0n) is 16.5. The smallest absolute Gasteiger partial charge is 0.242 e. The van der Waals surface area contributed by atoms with Gasteiger partial charge >= 0.3 is 0 Å². The molecular formula is C23H21N3O2S. The highest BCUT2D eigenvalue weighted by molar-refractivity contribution is 8.00. The van der Waals surface area contributed by atoms with Crippen molar-refractivity contribution in [3.63, 3.8) is 0 Å². The van der Waals surface area contributed by atoms with Crippen LogP contribution in [-0.2, 0) is 4.79 Å². The predicted octanol–water partition coefficient (Wildman–Crippen LogP) is 5.05. The van der Waals surface area contributed by atoms with Crippen LogP contribution >= 0.6 is 11.8 Å². The summed E-state index contributed by atoms with van der Waals surface area (Å²) in [5, 5.41) is 12.5. The maximum atomic E-state index is 13.2. The summed E-state index contributed by atoms with van der Waals surface area (Å²) in [6, 6.07) is 20.8. The summed E-state index contributed by atoms with van der Waals surface area (Å²) < 4.78 is 5.23. The second kappa shape index (κ2) is 9.26. The summed E-state index contributed by atoms with van der Waals surface area (Å²) in [6.07, 6.45) is 0. The molecule has 0 bridgehead atoms. The van der Waals surface area contributed by atoms with Gasteiger partial charge in [0.1, 0.15) is 22.1 Å². The van der Waals surface area contributed by atoms with Crippen LogP contribution in [0.3, 0.4) is 0 Å². The molecule has 1 atom stereocenters. The number of methoxy groups -OCH3 is 1. The van der Waals surface area contributed by atoms with E-state index in [1.165, 1.54) is 11.8 Å². The molecule has 0 aliphatic heterocycles. The third-order valence-electron chi connectivity index (χ3n) is 4.33. The van der Waals surface area contributed by atoms with Crippen molar-refractivity contribution in [2.45, 2.75) is 24.1 Å². The molecule has 1 aromatic heterocycles. The van der Waals surface area contributed by atoms with Gasteiger partial charge in [-0.1, -0.05) is 48.2 Å². The summed E-state index contributed by atoms with van der Waals surface area (Å²) >= 11 is 1.28. The van der Waals surface area contributed by atoms with Gasteiger partial charge in [0.15, 0.2) is 0 Å². The molecule has 146 valence electrons. The van der Waals surface area contributed by atoms with Gasteiger partial charge in [0.2, 0.25) is 5.91 Å². The maximum absolute atomic E-state index is 13.2. The molecule has 2 aromatic carbocycles. The lowest BCUT2D eigenvalue weighted by Crippen LogP contribution is -2.19. The van der Waals surface area contributed by atoms with E-state index in [4.69, 9.17) is 4.74 Å². The van der Waals surface area contributed by atoms with Crippen LogP contribution in [-0.4, -0.2) is 18.0 Å². The van der Waals surface area contributed by atoms with Gasteiger partial charge in [-0.2, -0.15) is 5.26 Å². The number of hydrogen-bond donors (Lipinski definition) is 1. The van der Waals surface area contributed by atoms with Crippen molar-refractivity contribution >= 4 is 23.4 Å². The van der Waals surface area contributed by atoms with Crippen molar-refractivity contribution in [3.8, 4) is 11.8 Å². The first-order valence-electron chi connectivity index (χ1n) is 9.06. The number of ether oxygens (including phenoxy) is 1. The fourth-order valence-corrected chi connectivity index (χ4v) is 4.15. The van der Waals surface area contributed by atoms with Crippen LogP contribution in [0.2, 0.25) is 0 Å². The van der Waals surface area contributed by atoms with Crippen LogP contribution in [0.1, 0.15) is 27.6 Å². The quantitative estimate of drug-likeness (QED) is 0.583. The minimum Gasteiger partial charge on any atom is -0.497 e. The lowest BCUT2D eigenvalue weighted by Gasteiger charge is -2.18. The van der Waals surface area contributed by atoms with Gasteiger partial charge in [-0.3, -0.25) is 4.79 Å². The Bertz CT molecular complexity index is 1060. The Hall–Kier alpha value is -3.30. The van der Waals surface area contributed by atoms with E-state index in [2.05, 4.69) is 16.4 Å². The van der Waals surface area contributed by atoms with Crippen LogP contribution in [0.25, 0.3) is 0 Å². The van der Waals surface area contributed by atoms with Gasteiger partial charge in [0, 0.05) is 17.4 Å². The number of hydrogen-bond acceptors (Lipinski definition) is 5. The number of nitriles is 1. The summed E-state index contributed by atoms with van der Waals surface area (Å²) in [5.41, 5.74) is 3.63. The molecule has 0 fully saturated rings. The molecule has 0 spiro atoms.